The smallest absolute Gasteiger partial charge is 0.267 e. The van der Waals surface area contributed by atoms with Crippen LogP contribution in [0.3, 0.4) is 0 Å². The van der Waals surface area contributed by atoms with Crippen LogP contribution in [0.1, 0.15) is 11.1 Å². The van der Waals surface area contributed by atoms with Gasteiger partial charge in [-0.15, -0.1) is 0 Å². The number of benzene rings is 2. The molecule has 2 rings (SSSR count). The summed E-state index contributed by atoms with van der Waals surface area (Å²) in [6.07, 6.45) is 1.95. The number of nitrogens with zero attached hydrogens (tertiary/aromatic N) is 1. The number of primary sulfonamides is 1. The van der Waals surface area contributed by atoms with Gasteiger partial charge in [0.25, 0.3) is 5.91 Å². The minimum atomic E-state index is -3.71. The van der Waals surface area contributed by atoms with E-state index in [1.165, 1.54) is 18.3 Å². The van der Waals surface area contributed by atoms with Crippen LogP contribution in [0.4, 0.5) is 5.69 Å². The van der Waals surface area contributed by atoms with Crippen LogP contribution in [0.25, 0.3) is 0 Å². The summed E-state index contributed by atoms with van der Waals surface area (Å²) in [6.45, 7) is 2.35. The average Bonchev–Trinajstić information content (AvgIpc) is 2.63. The lowest BCUT2D eigenvalue weighted by molar-refractivity contribution is -0.112. The fraction of sp³-hybridized carbons (Fsp3) is 0.158. The third-order valence-electron chi connectivity index (χ3n) is 3.86. The van der Waals surface area contributed by atoms with Crippen molar-refractivity contribution in [2.24, 2.45) is 5.14 Å². The highest BCUT2D eigenvalue weighted by Gasteiger charge is 2.11. The van der Waals surface area contributed by atoms with E-state index in [1.807, 2.05) is 25.1 Å². The molecule has 0 aromatic heterocycles. The predicted octanol–water partition coefficient (Wildman–Crippen LogP) is 2.43. The van der Waals surface area contributed by atoms with Gasteiger partial charge in [0.2, 0.25) is 10.0 Å². The molecule has 0 aliphatic rings. The SMILES string of the molecule is Cc1cc(I)ccc1NC(=O)/C(C#N)=C\NCCc1ccc(S(N)(=O)=O)cc1. The second-order valence-electron chi connectivity index (χ2n) is 5.98. The zero-order valence-corrected chi connectivity index (χ0v) is 18.0. The minimum Gasteiger partial charge on any atom is -0.389 e. The van der Waals surface area contributed by atoms with Crippen molar-refractivity contribution in [3.05, 3.63) is 68.9 Å². The van der Waals surface area contributed by atoms with E-state index in [-0.39, 0.29) is 10.5 Å². The average molecular weight is 510 g/mol. The van der Waals surface area contributed by atoms with E-state index in [4.69, 9.17) is 5.14 Å². The molecule has 2 aromatic carbocycles. The van der Waals surface area contributed by atoms with Crippen molar-refractivity contribution < 1.29 is 13.2 Å². The third kappa shape index (κ3) is 6.33. The maximum Gasteiger partial charge on any atom is 0.267 e. The van der Waals surface area contributed by atoms with Crippen LogP contribution in [0.2, 0.25) is 0 Å². The van der Waals surface area contributed by atoms with Gasteiger partial charge >= 0.3 is 0 Å². The number of rotatable bonds is 7. The summed E-state index contributed by atoms with van der Waals surface area (Å²) in [5, 5.41) is 19.9. The van der Waals surface area contributed by atoms with Crippen molar-refractivity contribution in [2.45, 2.75) is 18.2 Å². The molecule has 0 saturated carbocycles. The molecule has 0 radical (unpaired) electrons. The lowest BCUT2D eigenvalue weighted by Gasteiger charge is -2.08. The maximum absolute atomic E-state index is 12.3. The van der Waals surface area contributed by atoms with Gasteiger partial charge in [-0.05, 0) is 77.4 Å². The van der Waals surface area contributed by atoms with Gasteiger partial charge < -0.3 is 10.6 Å². The summed E-state index contributed by atoms with van der Waals surface area (Å²) in [5.74, 6) is -0.489. The highest BCUT2D eigenvalue weighted by molar-refractivity contribution is 14.1. The number of amides is 1. The normalized spacial score (nSPS) is 11.6. The van der Waals surface area contributed by atoms with Gasteiger partial charge in [-0.25, -0.2) is 13.6 Å². The topological polar surface area (TPSA) is 125 Å². The van der Waals surface area contributed by atoms with Crippen molar-refractivity contribution in [2.75, 3.05) is 11.9 Å². The Morgan fingerprint density at radius 1 is 1.25 bits per heavy atom. The second kappa shape index (κ2) is 9.68. The van der Waals surface area contributed by atoms with E-state index >= 15 is 0 Å². The van der Waals surface area contributed by atoms with E-state index in [9.17, 15) is 18.5 Å². The fourth-order valence-electron chi connectivity index (χ4n) is 2.34. The lowest BCUT2D eigenvalue weighted by atomic mass is 10.1. The van der Waals surface area contributed by atoms with E-state index in [1.54, 1.807) is 18.2 Å². The number of nitrogens with one attached hydrogen (secondary N) is 2. The van der Waals surface area contributed by atoms with Gasteiger partial charge in [-0.2, -0.15) is 5.26 Å². The first kappa shape index (κ1) is 21.9. The molecule has 0 bridgehead atoms. The molecule has 2 aromatic rings. The van der Waals surface area contributed by atoms with Crippen molar-refractivity contribution in [3.63, 3.8) is 0 Å². The number of nitriles is 1. The van der Waals surface area contributed by atoms with Crippen molar-refractivity contribution >= 4 is 44.2 Å². The molecule has 0 aliphatic carbocycles. The van der Waals surface area contributed by atoms with E-state index in [2.05, 4.69) is 33.2 Å². The predicted molar refractivity (Wildman–Crippen MR) is 116 cm³/mol. The number of halogens is 1. The summed E-state index contributed by atoms with van der Waals surface area (Å²) in [5.41, 5.74) is 2.42. The van der Waals surface area contributed by atoms with Crippen LogP contribution < -0.4 is 15.8 Å². The van der Waals surface area contributed by atoms with E-state index in [0.717, 1.165) is 14.7 Å². The summed E-state index contributed by atoms with van der Waals surface area (Å²) >= 11 is 2.19. The molecule has 4 N–H and O–H groups in total. The maximum atomic E-state index is 12.3. The highest BCUT2D eigenvalue weighted by Crippen LogP contribution is 2.18. The van der Waals surface area contributed by atoms with Crippen LogP contribution in [-0.2, 0) is 21.2 Å². The standard InChI is InChI=1S/C19H19IN4O3S/c1-13-10-16(20)4-7-18(13)24-19(25)15(11-21)12-23-9-8-14-2-5-17(6-3-14)28(22,26)27/h2-7,10,12,23H,8-9H2,1H3,(H,24,25)(H2,22,26,27)/b15-12-. The zero-order valence-electron chi connectivity index (χ0n) is 15.1. The molecule has 0 aliphatic heterocycles. The molecule has 0 unspecified atom stereocenters. The first-order valence-corrected chi connectivity index (χ1v) is 10.9. The molecule has 0 saturated heterocycles. The Kier molecular flexibility index (Phi) is 7.56. The van der Waals surface area contributed by atoms with Gasteiger partial charge in [-0.1, -0.05) is 12.1 Å². The largest absolute Gasteiger partial charge is 0.389 e. The number of sulfonamides is 1. The number of hydrogen-bond acceptors (Lipinski definition) is 5. The first-order valence-electron chi connectivity index (χ1n) is 8.23. The Morgan fingerprint density at radius 2 is 1.93 bits per heavy atom. The summed E-state index contributed by atoms with van der Waals surface area (Å²) < 4.78 is 23.5. The molecule has 0 fully saturated rings. The van der Waals surface area contributed by atoms with Gasteiger partial charge in [-0.3, -0.25) is 4.79 Å². The van der Waals surface area contributed by atoms with Crippen LogP contribution in [0, 0.1) is 21.8 Å². The van der Waals surface area contributed by atoms with Gasteiger partial charge in [0.15, 0.2) is 0 Å². The number of carbonyl (C=O) groups is 1. The second-order valence-corrected chi connectivity index (χ2v) is 8.78. The molecular formula is C19H19IN4O3S. The van der Waals surface area contributed by atoms with E-state index < -0.39 is 15.9 Å². The molecule has 1 amide bonds. The molecule has 9 heteroatoms. The number of nitrogens with two attached hydrogens (primary N) is 1. The third-order valence-corrected chi connectivity index (χ3v) is 5.46. The Labute approximate surface area is 177 Å². The Hall–Kier alpha value is -2.42. The summed E-state index contributed by atoms with van der Waals surface area (Å²) in [7, 11) is -3.71. The molecule has 28 heavy (non-hydrogen) atoms. The van der Waals surface area contributed by atoms with Crippen LogP contribution in [0.15, 0.2) is 59.1 Å². The number of aryl methyl sites for hydroxylation is 1. The first-order chi connectivity index (χ1) is 13.2. The fourth-order valence-corrected chi connectivity index (χ4v) is 3.50. The quantitative estimate of drug-likeness (QED) is 0.228. The summed E-state index contributed by atoms with van der Waals surface area (Å²) in [4.78, 5) is 12.3. The molecule has 0 heterocycles. The van der Waals surface area contributed by atoms with Gasteiger partial charge in [0, 0.05) is 22.0 Å². The number of carbonyl (C=O) groups excluding carboxylic acids is 1. The number of hydrogen-bond donors (Lipinski definition) is 3. The van der Waals surface area contributed by atoms with Crippen molar-refractivity contribution in [1.29, 1.82) is 5.26 Å². The van der Waals surface area contributed by atoms with Gasteiger partial charge in [0.1, 0.15) is 11.6 Å². The Bertz CT molecular complexity index is 1040. The molecule has 146 valence electrons. The highest BCUT2D eigenvalue weighted by atomic mass is 127. The van der Waals surface area contributed by atoms with Crippen LogP contribution in [0.5, 0.6) is 0 Å². The minimum absolute atomic E-state index is 0.0393. The zero-order chi connectivity index (χ0) is 20.7. The monoisotopic (exact) mass is 510 g/mol. The van der Waals surface area contributed by atoms with Crippen LogP contribution >= 0.6 is 22.6 Å². The summed E-state index contributed by atoms with van der Waals surface area (Å²) in [6, 6.07) is 13.7. The molecule has 7 nitrogen and oxygen atoms in total. The number of anilines is 1. The molecular weight excluding hydrogens is 491 g/mol. The van der Waals surface area contributed by atoms with Crippen molar-refractivity contribution in [1.82, 2.24) is 5.32 Å². The molecule has 0 spiro atoms. The van der Waals surface area contributed by atoms with Crippen LogP contribution in [-0.4, -0.2) is 20.9 Å². The molecule has 0 atom stereocenters. The lowest BCUT2D eigenvalue weighted by Crippen LogP contribution is -2.18. The Balaban J connectivity index is 1.92. The van der Waals surface area contributed by atoms with Gasteiger partial charge in [0.05, 0.1) is 4.90 Å². The Morgan fingerprint density at radius 3 is 2.50 bits per heavy atom. The van der Waals surface area contributed by atoms with Crippen molar-refractivity contribution in [3.8, 4) is 6.07 Å². The van der Waals surface area contributed by atoms with E-state index in [0.29, 0.717) is 18.7 Å².